The Morgan fingerprint density at radius 3 is 2.93 bits per heavy atom. The van der Waals surface area contributed by atoms with Crippen LogP contribution in [0.3, 0.4) is 0 Å². The van der Waals surface area contributed by atoms with Crippen LogP contribution >= 0.6 is 0 Å². The maximum absolute atomic E-state index is 9.09. The summed E-state index contributed by atoms with van der Waals surface area (Å²) in [5.41, 5.74) is 5.63. The van der Waals surface area contributed by atoms with Crippen LogP contribution in [0.2, 0.25) is 0 Å². The van der Waals surface area contributed by atoms with E-state index in [0.29, 0.717) is 12.0 Å². The highest BCUT2D eigenvalue weighted by Gasteiger charge is 2.27. The number of aromatic nitrogens is 3. The molecular weight excluding hydrogens is 342 g/mol. The van der Waals surface area contributed by atoms with Crippen molar-refractivity contribution in [2.75, 3.05) is 0 Å². The Balaban J connectivity index is 1.72. The maximum Gasteiger partial charge on any atom is 0.213 e. The van der Waals surface area contributed by atoms with E-state index in [9.17, 15) is 0 Å². The van der Waals surface area contributed by atoms with Gasteiger partial charge in [0.25, 0.3) is 0 Å². The summed E-state index contributed by atoms with van der Waals surface area (Å²) in [5, 5.41) is 0. The van der Waals surface area contributed by atoms with Crippen LogP contribution < -0.4 is 4.57 Å². The van der Waals surface area contributed by atoms with Gasteiger partial charge in [-0.15, -0.1) is 0 Å². The van der Waals surface area contributed by atoms with Crippen molar-refractivity contribution in [3.05, 3.63) is 64.9 Å². The molecular formula is C25H30N3+. The van der Waals surface area contributed by atoms with Gasteiger partial charge in [0.1, 0.15) is 12.9 Å². The van der Waals surface area contributed by atoms with Crippen LogP contribution in [-0.2, 0) is 19.8 Å². The fourth-order valence-electron chi connectivity index (χ4n) is 4.84. The number of hydrogen-bond donors (Lipinski definition) is 0. The normalized spacial score (nSPS) is 19.9. The summed E-state index contributed by atoms with van der Waals surface area (Å²) in [6.45, 7) is -0.326. The number of benzene rings is 1. The van der Waals surface area contributed by atoms with Gasteiger partial charge in [-0.2, -0.15) is 0 Å². The lowest BCUT2D eigenvalue weighted by atomic mass is 9.83. The van der Waals surface area contributed by atoms with Crippen LogP contribution in [0, 0.1) is 19.7 Å². The Morgan fingerprint density at radius 1 is 1.25 bits per heavy atom. The van der Waals surface area contributed by atoms with Crippen LogP contribution in [0.15, 0.2) is 36.8 Å². The summed E-state index contributed by atoms with van der Waals surface area (Å²) in [7, 11) is 1.86. The van der Waals surface area contributed by atoms with Gasteiger partial charge in [-0.25, -0.2) is 9.55 Å². The van der Waals surface area contributed by atoms with Crippen molar-refractivity contribution in [1.29, 1.82) is 0 Å². The van der Waals surface area contributed by atoms with Gasteiger partial charge in [-0.1, -0.05) is 38.2 Å². The number of hydrogen-bond acceptors (Lipinski definition) is 1. The molecule has 28 heavy (non-hydrogen) atoms. The first kappa shape index (κ1) is 12.9. The first-order chi connectivity index (χ1) is 15.6. The smallest absolute Gasteiger partial charge is 0.213 e. The minimum Gasteiger partial charge on any atom is -0.303 e. The van der Waals surface area contributed by atoms with E-state index in [2.05, 4.69) is 28.6 Å². The lowest BCUT2D eigenvalue weighted by molar-refractivity contribution is -0.660. The van der Waals surface area contributed by atoms with Gasteiger partial charge >= 0.3 is 0 Å². The number of nitrogens with zero attached hydrogens (tertiary/aromatic N) is 3. The molecule has 2 aliphatic rings. The molecule has 0 spiro atoms. The van der Waals surface area contributed by atoms with Gasteiger partial charge in [0, 0.05) is 37.3 Å². The number of pyridine rings is 1. The number of fused-ring (bicyclic) bond motifs is 3. The standard InChI is InChI=1S/C25H30N3/c1-17-9-10-22-21(15-24-26-11-12-28(22)24)25(17)23-14-20(18(2)16-27(23)3)13-19-7-5-4-6-8-19/h9-12,14,16,19H,4-8,13,15H2,1-3H3/q+1/i2D3,13D2. The Morgan fingerprint density at radius 2 is 2.11 bits per heavy atom. The Kier molecular flexibility index (Phi) is 3.17. The van der Waals surface area contributed by atoms with Gasteiger partial charge in [-0.05, 0) is 48.8 Å². The molecule has 1 aliphatic carbocycles. The zero-order valence-corrected chi connectivity index (χ0v) is 16.6. The molecule has 1 aliphatic heterocycles. The SMILES string of the molecule is [2H]C([2H])([2H])c1c[n+](C)c(-c2c(C)ccc3c2Cc2nccn2-3)cc1C([2H])([2H])C1CCCCC1. The van der Waals surface area contributed by atoms with E-state index >= 15 is 0 Å². The Bertz CT molecular complexity index is 1220. The van der Waals surface area contributed by atoms with E-state index in [4.69, 9.17) is 6.85 Å². The van der Waals surface area contributed by atoms with Crippen molar-refractivity contribution < 1.29 is 11.4 Å². The molecule has 3 nitrogen and oxygen atoms in total. The van der Waals surface area contributed by atoms with E-state index in [0.717, 1.165) is 66.0 Å². The molecule has 0 N–H and O–H groups in total. The molecule has 1 saturated carbocycles. The highest BCUT2D eigenvalue weighted by Crippen LogP contribution is 2.37. The third kappa shape index (κ3) is 2.88. The van der Waals surface area contributed by atoms with Crippen LogP contribution in [0.5, 0.6) is 0 Å². The van der Waals surface area contributed by atoms with Crippen LogP contribution in [0.4, 0.5) is 0 Å². The molecule has 1 fully saturated rings. The molecule has 0 radical (unpaired) electrons. The molecule has 0 unspecified atom stereocenters. The molecule has 3 aromatic rings. The molecule has 0 saturated heterocycles. The summed E-state index contributed by atoms with van der Waals surface area (Å²) in [6, 6.07) is 6.00. The quantitative estimate of drug-likeness (QED) is 0.460. The van der Waals surface area contributed by atoms with E-state index < -0.39 is 13.2 Å². The van der Waals surface area contributed by atoms with Gasteiger partial charge in [-0.3, -0.25) is 0 Å². The van der Waals surface area contributed by atoms with Crippen molar-refractivity contribution >= 4 is 0 Å². The summed E-state index contributed by atoms with van der Waals surface area (Å²) >= 11 is 0. The average Bonchev–Trinajstić information content (AvgIpc) is 3.35. The second-order valence-corrected chi connectivity index (χ2v) is 8.22. The van der Waals surface area contributed by atoms with Gasteiger partial charge in [0.15, 0.2) is 6.20 Å². The number of imidazole rings is 1. The maximum atomic E-state index is 9.09. The van der Waals surface area contributed by atoms with E-state index in [1.54, 1.807) is 12.4 Å². The topological polar surface area (TPSA) is 21.7 Å². The van der Waals surface area contributed by atoms with Gasteiger partial charge in [0.05, 0.1) is 11.3 Å². The van der Waals surface area contributed by atoms with Crippen molar-refractivity contribution in [3.8, 4) is 16.9 Å². The summed E-state index contributed by atoms with van der Waals surface area (Å²) in [6.07, 6.45) is 9.11. The van der Waals surface area contributed by atoms with Crippen LogP contribution in [-0.4, -0.2) is 9.55 Å². The minimum atomic E-state index is -2.39. The zero-order chi connectivity index (χ0) is 23.5. The second-order valence-electron chi connectivity index (χ2n) is 8.22. The minimum absolute atomic E-state index is 0.113. The number of rotatable bonds is 3. The Hall–Kier alpha value is -2.42. The molecule has 2 aromatic heterocycles. The van der Waals surface area contributed by atoms with E-state index in [1.165, 1.54) is 0 Å². The van der Waals surface area contributed by atoms with Crippen LogP contribution in [0.25, 0.3) is 16.9 Å². The van der Waals surface area contributed by atoms with Gasteiger partial charge in [0.2, 0.25) is 5.69 Å². The van der Waals surface area contributed by atoms with Crippen molar-refractivity contribution in [3.63, 3.8) is 0 Å². The molecule has 144 valence electrons. The highest BCUT2D eigenvalue weighted by molar-refractivity contribution is 5.73. The summed E-state index contributed by atoms with van der Waals surface area (Å²) < 4.78 is 46.6. The Labute approximate surface area is 175 Å². The summed E-state index contributed by atoms with van der Waals surface area (Å²) in [5.74, 6) is 0.817. The van der Waals surface area contributed by atoms with Crippen LogP contribution in [0.1, 0.15) is 67.0 Å². The molecule has 3 heterocycles. The molecule has 5 rings (SSSR count). The predicted octanol–water partition coefficient (Wildman–Crippen LogP) is 5.01. The second kappa shape index (κ2) is 6.88. The molecule has 0 amide bonds. The van der Waals surface area contributed by atoms with Gasteiger partial charge < -0.3 is 4.57 Å². The van der Waals surface area contributed by atoms with Crippen molar-refractivity contribution in [2.45, 2.75) is 58.7 Å². The predicted molar refractivity (Wildman–Crippen MR) is 113 cm³/mol. The first-order valence-electron chi connectivity index (χ1n) is 12.8. The number of aryl methyl sites for hydroxylation is 3. The molecule has 0 atom stereocenters. The largest absolute Gasteiger partial charge is 0.303 e. The average molecular weight is 378 g/mol. The monoisotopic (exact) mass is 377 g/mol. The first-order valence-corrected chi connectivity index (χ1v) is 10.3. The highest BCUT2D eigenvalue weighted by atomic mass is 15.1. The lowest BCUT2D eigenvalue weighted by Gasteiger charge is -2.22. The molecule has 3 heteroatoms. The summed E-state index contributed by atoms with van der Waals surface area (Å²) in [4.78, 5) is 4.48. The third-order valence-electron chi connectivity index (χ3n) is 6.30. The fourth-order valence-corrected chi connectivity index (χ4v) is 4.84. The van der Waals surface area contributed by atoms with E-state index in [-0.39, 0.29) is 11.5 Å². The third-order valence-corrected chi connectivity index (χ3v) is 6.30. The fraction of sp³-hybridized carbons (Fsp3) is 0.440. The molecule has 1 aromatic carbocycles. The zero-order valence-electron chi connectivity index (χ0n) is 21.6. The van der Waals surface area contributed by atoms with Crippen molar-refractivity contribution in [2.24, 2.45) is 13.0 Å². The van der Waals surface area contributed by atoms with Crippen molar-refractivity contribution in [1.82, 2.24) is 9.55 Å². The lowest BCUT2D eigenvalue weighted by Crippen LogP contribution is -2.32. The molecule has 0 bridgehead atoms. The van der Waals surface area contributed by atoms with E-state index in [1.807, 2.05) is 23.9 Å².